The highest BCUT2D eigenvalue weighted by Crippen LogP contribution is 2.16. The molecule has 6 nitrogen and oxygen atoms in total. The molecule has 1 aliphatic heterocycles. The Kier molecular flexibility index (Phi) is 4.62. The van der Waals surface area contributed by atoms with E-state index < -0.39 is 15.1 Å². The number of rotatable bonds is 5. The van der Waals surface area contributed by atoms with E-state index in [1.165, 1.54) is 4.90 Å². The van der Waals surface area contributed by atoms with Crippen LogP contribution in [0, 0.1) is 0 Å². The van der Waals surface area contributed by atoms with Crippen LogP contribution >= 0.6 is 0 Å². The van der Waals surface area contributed by atoms with Gasteiger partial charge in [-0.1, -0.05) is 25.1 Å². The Morgan fingerprint density at radius 1 is 1.24 bits per heavy atom. The number of benzene rings is 1. The average Bonchev–Trinajstić information content (AvgIpc) is 2.43. The highest BCUT2D eigenvalue weighted by atomic mass is 32.2. The van der Waals surface area contributed by atoms with E-state index in [1.807, 2.05) is 0 Å². The molecule has 114 valence electrons. The lowest BCUT2D eigenvalue weighted by Gasteiger charge is -2.38. The number of likely N-dealkylation sites (tertiary alicyclic amines) is 1. The molecule has 0 aromatic heterocycles. The van der Waals surface area contributed by atoms with E-state index in [2.05, 4.69) is 5.32 Å². The fraction of sp³-hybridized carbons (Fsp3) is 0.429. The van der Waals surface area contributed by atoms with Crippen LogP contribution < -0.4 is 5.32 Å². The lowest BCUT2D eigenvalue weighted by Crippen LogP contribution is -2.59. The first-order valence-corrected chi connectivity index (χ1v) is 8.48. The van der Waals surface area contributed by atoms with Gasteiger partial charge in [0.25, 0.3) is 5.91 Å². The Bertz CT molecular complexity index is 622. The minimum Gasteiger partial charge on any atom is -0.343 e. The Hall–Kier alpha value is -1.89. The lowest BCUT2D eigenvalue weighted by molar-refractivity contribution is -0.133. The zero-order valence-corrected chi connectivity index (χ0v) is 12.6. The van der Waals surface area contributed by atoms with Crippen molar-refractivity contribution in [2.24, 2.45) is 0 Å². The second kappa shape index (κ2) is 6.26. The van der Waals surface area contributed by atoms with Crippen LogP contribution in [0.2, 0.25) is 0 Å². The normalized spacial score (nSPS) is 15.4. The molecule has 0 saturated carbocycles. The van der Waals surface area contributed by atoms with Gasteiger partial charge < -0.3 is 10.2 Å². The molecule has 2 amide bonds. The van der Waals surface area contributed by atoms with Gasteiger partial charge in [0.15, 0.2) is 9.84 Å². The van der Waals surface area contributed by atoms with Gasteiger partial charge in [-0.15, -0.1) is 0 Å². The summed E-state index contributed by atoms with van der Waals surface area (Å²) >= 11 is 0. The van der Waals surface area contributed by atoms with Crippen LogP contribution in [0.3, 0.4) is 0 Å². The number of amides is 2. The Balaban J connectivity index is 1.78. The topological polar surface area (TPSA) is 83.6 Å². The van der Waals surface area contributed by atoms with E-state index in [0.717, 1.165) is 0 Å². The summed E-state index contributed by atoms with van der Waals surface area (Å²) in [4.78, 5) is 25.1. The summed E-state index contributed by atoms with van der Waals surface area (Å²) in [6.45, 7) is 1.92. The van der Waals surface area contributed by atoms with Gasteiger partial charge in [0.2, 0.25) is 5.91 Å². The third-order valence-electron chi connectivity index (χ3n) is 3.55. The average molecular weight is 310 g/mol. The molecule has 0 radical (unpaired) electrons. The fourth-order valence-corrected chi connectivity index (χ4v) is 3.35. The monoisotopic (exact) mass is 310 g/mol. The quantitative estimate of drug-likeness (QED) is 0.834. The van der Waals surface area contributed by atoms with Crippen molar-refractivity contribution in [2.45, 2.75) is 12.2 Å². The maximum absolute atomic E-state index is 11.8. The van der Waals surface area contributed by atoms with Crippen LogP contribution in [0.4, 0.5) is 0 Å². The summed E-state index contributed by atoms with van der Waals surface area (Å²) in [5.74, 6) is -0.492. The van der Waals surface area contributed by atoms with E-state index in [1.54, 1.807) is 37.3 Å². The van der Waals surface area contributed by atoms with Crippen molar-refractivity contribution in [2.75, 3.05) is 25.4 Å². The molecular formula is C14H18N2O4S. The van der Waals surface area contributed by atoms with Crippen molar-refractivity contribution in [1.29, 1.82) is 0 Å². The van der Waals surface area contributed by atoms with Gasteiger partial charge in [-0.2, -0.15) is 0 Å². The molecule has 1 fully saturated rings. The number of carbonyl (C=O) groups is 2. The van der Waals surface area contributed by atoms with Gasteiger partial charge >= 0.3 is 0 Å². The first kappa shape index (κ1) is 15.5. The molecule has 1 N–H and O–H groups in total. The van der Waals surface area contributed by atoms with Crippen molar-refractivity contribution in [3.05, 3.63) is 35.9 Å². The number of nitrogens with zero attached hydrogens (tertiary/aromatic N) is 1. The van der Waals surface area contributed by atoms with Gasteiger partial charge in [-0.3, -0.25) is 9.59 Å². The van der Waals surface area contributed by atoms with Crippen LogP contribution in [0.15, 0.2) is 30.3 Å². The van der Waals surface area contributed by atoms with E-state index in [9.17, 15) is 18.0 Å². The molecule has 0 aliphatic carbocycles. The summed E-state index contributed by atoms with van der Waals surface area (Å²) < 4.78 is 23.2. The molecule has 1 aromatic carbocycles. The van der Waals surface area contributed by atoms with Crippen LogP contribution in [0.25, 0.3) is 0 Å². The van der Waals surface area contributed by atoms with Crippen molar-refractivity contribution < 1.29 is 18.0 Å². The number of hydrogen-bond donors (Lipinski definition) is 1. The first-order valence-electron chi connectivity index (χ1n) is 6.76. The van der Waals surface area contributed by atoms with Crippen molar-refractivity contribution in [3.63, 3.8) is 0 Å². The van der Waals surface area contributed by atoms with Crippen molar-refractivity contribution in [1.82, 2.24) is 10.2 Å². The van der Waals surface area contributed by atoms with Crippen LogP contribution in [-0.4, -0.2) is 55.8 Å². The molecule has 7 heteroatoms. The second-order valence-corrected chi connectivity index (χ2v) is 7.49. The summed E-state index contributed by atoms with van der Waals surface area (Å²) in [5, 5.41) is 2.07. The molecule has 0 atom stereocenters. The first-order chi connectivity index (χ1) is 9.94. The highest BCUT2D eigenvalue weighted by Gasteiger charge is 2.38. The molecule has 2 rings (SSSR count). The molecular weight excluding hydrogens is 292 g/mol. The van der Waals surface area contributed by atoms with Crippen LogP contribution in [0.5, 0.6) is 0 Å². The maximum atomic E-state index is 11.8. The van der Waals surface area contributed by atoms with Gasteiger partial charge in [-0.05, 0) is 12.1 Å². The lowest BCUT2D eigenvalue weighted by atomic mass is 10.2. The zero-order valence-electron chi connectivity index (χ0n) is 11.8. The van der Waals surface area contributed by atoms with Gasteiger partial charge in [0.1, 0.15) is 0 Å². The summed E-state index contributed by atoms with van der Waals surface area (Å²) in [6.07, 6.45) is 0. The molecule has 0 bridgehead atoms. The van der Waals surface area contributed by atoms with Crippen LogP contribution in [0.1, 0.15) is 17.3 Å². The molecule has 1 aromatic rings. The minimum absolute atomic E-state index is 0.0877. The maximum Gasteiger partial charge on any atom is 0.251 e. The standard InChI is InChI=1S/C14H18N2O4S/c1-2-21(19,20)12-9-16(10-12)13(17)8-15-14(18)11-6-4-3-5-7-11/h3-7,12H,2,8-10H2,1H3,(H,15,18). The van der Waals surface area contributed by atoms with Crippen molar-refractivity contribution in [3.8, 4) is 0 Å². The number of nitrogens with one attached hydrogen (secondary N) is 1. The smallest absolute Gasteiger partial charge is 0.251 e. The third kappa shape index (κ3) is 3.60. The van der Waals surface area contributed by atoms with Gasteiger partial charge in [-0.25, -0.2) is 8.42 Å². The Morgan fingerprint density at radius 3 is 2.43 bits per heavy atom. The molecule has 0 spiro atoms. The Morgan fingerprint density at radius 2 is 1.86 bits per heavy atom. The highest BCUT2D eigenvalue weighted by molar-refractivity contribution is 7.92. The Labute approximate surface area is 124 Å². The molecule has 1 aliphatic rings. The summed E-state index contributed by atoms with van der Waals surface area (Å²) in [6, 6.07) is 8.61. The zero-order chi connectivity index (χ0) is 15.5. The van der Waals surface area contributed by atoms with Crippen LogP contribution in [-0.2, 0) is 14.6 Å². The van der Waals surface area contributed by atoms with Gasteiger partial charge in [0.05, 0.1) is 11.8 Å². The predicted octanol–water partition coefficient (Wildman–Crippen LogP) is 0.0619. The summed E-state index contributed by atoms with van der Waals surface area (Å²) in [5.41, 5.74) is 0.486. The van der Waals surface area contributed by atoms with Gasteiger partial charge in [0, 0.05) is 24.4 Å². The van der Waals surface area contributed by atoms with E-state index in [4.69, 9.17) is 0 Å². The van der Waals surface area contributed by atoms with E-state index >= 15 is 0 Å². The molecule has 21 heavy (non-hydrogen) atoms. The SMILES string of the molecule is CCS(=O)(=O)C1CN(C(=O)CNC(=O)c2ccccc2)C1. The largest absolute Gasteiger partial charge is 0.343 e. The predicted molar refractivity (Wildman–Crippen MR) is 78.6 cm³/mol. The number of carbonyl (C=O) groups excluding carboxylic acids is 2. The number of hydrogen-bond acceptors (Lipinski definition) is 4. The fourth-order valence-electron chi connectivity index (χ4n) is 2.06. The van der Waals surface area contributed by atoms with E-state index in [0.29, 0.717) is 5.56 Å². The second-order valence-electron chi connectivity index (χ2n) is 4.92. The molecule has 1 saturated heterocycles. The number of sulfone groups is 1. The summed E-state index contributed by atoms with van der Waals surface area (Å²) in [7, 11) is -3.08. The molecule has 0 unspecified atom stereocenters. The third-order valence-corrected chi connectivity index (χ3v) is 5.67. The van der Waals surface area contributed by atoms with Crippen molar-refractivity contribution >= 4 is 21.7 Å². The minimum atomic E-state index is -3.08. The van der Waals surface area contributed by atoms with E-state index in [-0.39, 0.29) is 37.2 Å². The molecule has 1 heterocycles.